The zero-order valence-electron chi connectivity index (χ0n) is 25.4. The summed E-state index contributed by atoms with van der Waals surface area (Å²) >= 11 is 5.89. The second-order valence-electron chi connectivity index (χ2n) is 8.55. The molecule has 2 amide bonds. The lowest BCUT2D eigenvalue weighted by atomic mass is 10.00. The molecule has 1 aliphatic heterocycles. The van der Waals surface area contributed by atoms with Gasteiger partial charge < -0.3 is 16.4 Å². The van der Waals surface area contributed by atoms with Crippen LogP contribution in [0, 0.1) is 0 Å². The van der Waals surface area contributed by atoms with Crippen LogP contribution in [0.3, 0.4) is 0 Å². The molecule has 4 N–H and O–H groups in total. The number of allylic oxidation sites excluding steroid dienone is 1. The number of amides is 2. The van der Waals surface area contributed by atoms with E-state index in [0.717, 1.165) is 68.3 Å². The highest BCUT2D eigenvalue weighted by atomic mass is 35.5. The van der Waals surface area contributed by atoms with Crippen LogP contribution in [0.1, 0.15) is 119 Å². The summed E-state index contributed by atoms with van der Waals surface area (Å²) in [4.78, 5) is 27.7. The average molecular weight is 551 g/mol. The molecule has 2 rings (SSSR count). The molecule has 1 aromatic carbocycles. The van der Waals surface area contributed by atoms with Crippen molar-refractivity contribution in [3.8, 4) is 0 Å². The highest BCUT2D eigenvalue weighted by Gasteiger charge is 2.18. The van der Waals surface area contributed by atoms with Crippen LogP contribution in [0.5, 0.6) is 0 Å². The van der Waals surface area contributed by atoms with Gasteiger partial charge in [0.1, 0.15) is 5.70 Å². The first-order valence-electron chi connectivity index (χ1n) is 14.7. The van der Waals surface area contributed by atoms with Crippen LogP contribution in [0.2, 0.25) is 5.02 Å². The van der Waals surface area contributed by atoms with Gasteiger partial charge in [0, 0.05) is 41.9 Å². The van der Waals surface area contributed by atoms with E-state index in [9.17, 15) is 9.59 Å². The number of rotatable bonds is 12. The van der Waals surface area contributed by atoms with Gasteiger partial charge in [-0.05, 0) is 49.8 Å². The van der Waals surface area contributed by atoms with Crippen LogP contribution in [0.25, 0.3) is 0 Å². The number of nitrogens with zero attached hydrogens (tertiary/aromatic N) is 1. The van der Waals surface area contributed by atoms with Gasteiger partial charge >= 0.3 is 0 Å². The van der Waals surface area contributed by atoms with Crippen LogP contribution in [0.15, 0.2) is 40.5 Å². The molecule has 1 aromatic rings. The molecule has 7 heteroatoms. The first-order chi connectivity index (χ1) is 18.4. The van der Waals surface area contributed by atoms with E-state index in [0.29, 0.717) is 17.6 Å². The Hall–Kier alpha value is -2.34. The Kier molecular flexibility index (Phi) is 24.8. The van der Waals surface area contributed by atoms with Crippen molar-refractivity contribution < 1.29 is 9.59 Å². The number of nitrogens with two attached hydrogens (primary N) is 1. The van der Waals surface area contributed by atoms with Gasteiger partial charge in [-0.25, -0.2) is 0 Å². The summed E-state index contributed by atoms with van der Waals surface area (Å²) in [5.41, 5.74) is 9.33. The zero-order valence-corrected chi connectivity index (χ0v) is 26.1. The normalized spacial score (nSPS) is 14.9. The molecule has 1 atom stereocenters. The predicted molar refractivity (Wildman–Crippen MR) is 166 cm³/mol. The molecule has 0 saturated carbocycles. The van der Waals surface area contributed by atoms with E-state index in [4.69, 9.17) is 22.3 Å². The summed E-state index contributed by atoms with van der Waals surface area (Å²) in [6.07, 6.45) is 8.73. The molecule has 1 heterocycles. The minimum absolute atomic E-state index is 0.219. The number of nitrogens with one attached hydrogen (secondary N) is 2. The Morgan fingerprint density at radius 2 is 1.68 bits per heavy atom. The number of carbonyl (C=O) groups excluding carboxylic acids is 2. The molecule has 1 unspecified atom stereocenters. The van der Waals surface area contributed by atoms with Gasteiger partial charge in [-0.2, -0.15) is 0 Å². The summed E-state index contributed by atoms with van der Waals surface area (Å²) in [7, 11) is 0. The third-order valence-electron chi connectivity index (χ3n) is 5.76. The van der Waals surface area contributed by atoms with Crippen molar-refractivity contribution in [1.29, 1.82) is 0 Å². The molecule has 1 saturated heterocycles. The first kappa shape index (κ1) is 37.8. The number of halogens is 1. The van der Waals surface area contributed by atoms with Crippen LogP contribution in [-0.2, 0) is 16.1 Å². The minimum Gasteiger partial charge on any atom is -0.394 e. The zero-order chi connectivity index (χ0) is 29.3. The van der Waals surface area contributed by atoms with Gasteiger partial charge in [-0.3, -0.25) is 14.6 Å². The molecule has 1 aliphatic rings. The molecule has 1 fully saturated rings. The van der Waals surface area contributed by atoms with Crippen LogP contribution in [0.4, 0.5) is 0 Å². The summed E-state index contributed by atoms with van der Waals surface area (Å²) in [6, 6.07) is 7.87. The van der Waals surface area contributed by atoms with Crippen molar-refractivity contribution in [3.63, 3.8) is 0 Å². The first-order valence-corrected chi connectivity index (χ1v) is 15.1. The molecule has 0 radical (unpaired) electrons. The van der Waals surface area contributed by atoms with Crippen molar-refractivity contribution in [2.75, 3.05) is 6.54 Å². The van der Waals surface area contributed by atoms with Gasteiger partial charge in [0.05, 0.1) is 0 Å². The third kappa shape index (κ3) is 16.5. The maximum atomic E-state index is 12.5. The van der Waals surface area contributed by atoms with Gasteiger partial charge in [0.15, 0.2) is 0 Å². The summed E-state index contributed by atoms with van der Waals surface area (Å²) < 4.78 is 0. The van der Waals surface area contributed by atoms with E-state index in [1.807, 2.05) is 52.0 Å². The molecular formula is C31H55ClN4O2. The summed E-state index contributed by atoms with van der Waals surface area (Å²) in [6.45, 7) is 17.6. The molecule has 0 aliphatic carbocycles. The quantitative estimate of drug-likeness (QED) is 0.141. The average Bonchev–Trinajstić information content (AvgIpc) is 3.39. The summed E-state index contributed by atoms with van der Waals surface area (Å²) in [5, 5.41) is 6.43. The number of hydrogen-bond acceptors (Lipinski definition) is 4. The van der Waals surface area contributed by atoms with Crippen LogP contribution in [-0.4, -0.2) is 30.1 Å². The highest BCUT2D eigenvalue weighted by Crippen LogP contribution is 2.15. The Morgan fingerprint density at radius 1 is 1.05 bits per heavy atom. The van der Waals surface area contributed by atoms with Gasteiger partial charge in [0.25, 0.3) is 5.91 Å². The smallest absolute Gasteiger partial charge is 0.267 e. The number of hydrogen-bond donors (Lipinski definition) is 3. The molecular weight excluding hydrogens is 496 g/mol. The van der Waals surface area contributed by atoms with Crippen molar-refractivity contribution in [2.45, 2.75) is 126 Å². The Morgan fingerprint density at radius 3 is 2.13 bits per heavy atom. The molecule has 0 aromatic heterocycles. The molecule has 0 spiro atoms. The lowest BCUT2D eigenvalue weighted by Crippen LogP contribution is -2.30. The maximum absolute atomic E-state index is 12.5. The van der Waals surface area contributed by atoms with Gasteiger partial charge in [-0.15, -0.1) is 0 Å². The minimum atomic E-state index is -0.238. The molecule has 218 valence electrons. The number of unbranched alkanes of at least 4 members (excludes halogenated alkanes) is 2. The number of benzene rings is 1. The number of aliphatic imine (C=N–C) groups is 1. The van der Waals surface area contributed by atoms with E-state index < -0.39 is 0 Å². The van der Waals surface area contributed by atoms with E-state index in [-0.39, 0.29) is 17.5 Å². The Labute approximate surface area is 238 Å². The second kappa shape index (κ2) is 25.0. The lowest BCUT2D eigenvalue weighted by Gasteiger charge is -2.14. The highest BCUT2D eigenvalue weighted by molar-refractivity contribution is 6.30. The van der Waals surface area contributed by atoms with Crippen LogP contribution < -0.4 is 16.4 Å². The fraction of sp³-hybridized carbons (Fsp3) is 0.645. The molecule has 38 heavy (non-hydrogen) atoms. The topological polar surface area (TPSA) is 96.6 Å². The Bertz CT molecular complexity index is 820. The van der Waals surface area contributed by atoms with Crippen LogP contribution >= 0.6 is 11.6 Å². The Balaban J connectivity index is 0. The summed E-state index contributed by atoms with van der Waals surface area (Å²) in [5.74, 6) is -0.0186. The fourth-order valence-electron chi connectivity index (χ4n) is 3.68. The van der Waals surface area contributed by atoms with Crippen molar-refractivity contribution in [3.05, 3.63) is 46.1 Å². The molecule has 0 bridgehead atoms. The van der Waals surface area contributed by atoms with Gasteiger partial charge in [0.2, 0.25) is 5.91 Å². The third-order valence-corrected chi connectivity index (χ3v) is 6.01. The monoisotopic (exact) mass is 550 g/mol. The largest absolute Gasteiger partial charge is 0.394 e. The molecule has 6 nitrogen and oxygen atoms in total. The second-order valence-corrected chi connectivity index (χ2v) is 8.99. The van der Waals surface area contributed by atoms with Crippen molar-refractivity contribution >= 4 is 29.1 Å². The van der Waals surface area contributed by atoms with E-state index in [1.54, 1.807) is 0 Å². The number of carbonyl (C=O) groups is 2. The predicted octanol–water partition coefficient (Wildman–Crippen LogP) is 7.74. The van der Waals surface area contributed by atoms with Crippen molar-refractivity contribution in [2.24, 2.45) is 10.7 Å². The lowest BCUT2D eigenvalue weighted by molar-refractivity contribution is -0.119. The van der Waals surface area contributed by atoms with Gasteiger partial charge in [-0.1, -0.05) is 98.4 Å². The van der Waals surface area contributed by atoms with E-state index in [1.165, 1.54) is 12.8 Å². The fourth-order valence-corrected chi connectivity index (χ4v) is 3.81. The standard InChI is InChI=1S/C21H32ClN3O.C6H11NO.2C2H6/c1-4-7-8-14-24-19(6-3)18(9-5-2)20(23)21(26)25-15-16-10-12-17(22)13-11-16;1-2-5-3-4-6(8)7-5;2*1-2/h10-13H,4-9,14-15,23H2,1-3H3,(H,25,26);5H,2-4H2,1H3,(H,7,8);2*1-2H3/b20-18-,24-19?;;;. The maximum Gasteiger partial charge on any atom is 0.267 e. The van der Waals surface area contributed by atoms with E-state index in [2.05, 4.69) is 38.3 Å². The van der Waals surface area contributed by atoms with Crippen molar-refractivity contribution in [1.82, 2.24) is 10.6 Å². The SMILES string of the molecule is CC.CC.CCC1CCC(=O)N1.CCCCCN=C(CC)/C(CCC)=C(\N)C(=O)NCc1ccc(Cl)cc1. The van der Waals surface area contributed by atoms with E-state index >= 15 is 0 Å².